The second-order valence-electron chi connectivity index (χ2n) is 5.33. The minimum absolute atomic E-state index is 0.000942. The van der Waals surface area contributed by atoms with E-state index in [0.717, 1.165) is 29.8 Å². The summed E-state index contributed by atoms with van der Waals surface area (Å²) in [4.78, 5) is 23.6. The van der Waals surface area contributed by atoms with Crippen LogP contribution in [0.4, 0.5) is 18.9 Å². The number of hydrogen-bond donors (Lipinski definition) is 3. The fourth-order valence-electron chi connectivity index (χ4n) is 2.01. The van der Waals surface area contributed by atoms with E-state index in [1.54, 1.807) is 13.0 Å². The number of phenolic OH excluding ortho intramolecular Hbond substituents is 1. The van der Waals surface area contributed by atoms with E-state index in [-0.39, 0.29) is 17.0 Å². The van der Waals surface area contributed by atoms with Crippen molar-refractivity contribution in [2.45, 2.75) is 13.1 Å². The lowest BCUT2D eigenvalue weighted by molar-refractivity contribution is -0.137. The summed E-state index contributed by atoms with van der Waals surface area (Å²) in [7, 11) is 0. The minimum Gasteiger partial charge on any atom is -0.506 e. The number of benzene rings is 2. The highest BCUT2D eigenvalue weighted by atomic mass is 19.4. The average molecular weight is 352 g/mol. The molecule has 0 aliphatic rings. The van der Waals surface area contributed by atoms with Gasteiger partial charge in [0.1, 0.15) is 5.75 Å². The molecule has 5 nitrogen and oxygen atoms in total. The third kappa shape index (κ3) is 4.97. The molecule has 0 aromatic heterocycles. The first-order valence-electron chi connectivity index (χ1n) is 7.22. The highest BCUT2D eigenvalue weighted by Crippen LogP contribution is 2.29. The Morgan fingerprint density at radius 2 is 1.72 bits per heavy atom. The molecule has 0 aliphatic heterocycles. The maximum absolute atomic E-state index is 12.5. The predicted octanol–water partition coefficient (Wildman–Crippen LogP) is 3.09. The number of rotatable bonds is 4. The minimum atomic E-state index is -4.48. The molecular formula is C17H15F3N2O3. The monoisotopic (exact) mass is 352 g/mol. The zero-order chi connectivity index (χ0) is 18.6. The highest BCUT2D eigenvalue weighted by Gasteiger charge is 2.30. The number of aryl methyl sites for hydroxylation is 1. The number of aromatic hydroxyl groups is 1. The van der Waals surface area contributed by atoms with Crippen molar-refractivity contribution < 1.29 is 27.9 Å². The van der Waals surface area contributed by atoms with Crippen LogP contribution >= 0.6 is 0 Å². The van der Waals surface area contributed by atoms with Gasteiger partial charge in [0.15, 0.2) is 0 Å². The fourth-order valence-corrected chi connectivity index (χ4v) is 2.01. The number of amides is 2. The van der Waals surface area contributed by atoms with Gasteiger partial charge in [0, 0.05) is 5.56 Å². The second kappa shape index (κ2) is 7.25. The van der Waals surface area contributed by atoms with Crippen molar-refractivity contribution in [3.05, 3.63) is 59.2 Å². The van der Waals surface area contributed by atoms with Crippen molar-refractivity contribution in [2.24, 2.45) is 0 Å². The predicted molar refractivity (Wildman–Crippen MR) is 85.3 cm³/mol. The molecule has 0 radical (unpaired) electrons. The third-order valence-corrected chi connectivity index (χ3v) is 3.31. The average Bonchev–Trinajstić information content (AvgIpc) is 2.54. The Morgan fingerprint density at radius 3 is 2.28 bits per heavy atom. The van der Waals surface area contributed by atoms with E-state index in [0.29, 0.717) is 0 Å². The molecule has 8 heteroatoms. The van der Waals surface area contributed by atoms with Crippen LogP contribution in [0.15, 0.2) is 42.5 Å². The van der Waals surface area contributed by atoms with Crippen LogP contribution in [-0.2, 0) is 11.0 Å². The second-order valence-corrected chi connectivity index (χ2v) is 5.33. The van der Waals surface area contributed by atoms with Crippen molar-refractivity contribution >= 4 is 17.5 Å². The van der Waals surface area contributed by atoms with Crippen LogP contribution in [0.1, 0.15) is 21.5 Å². The normalized spacial score (nSPS) is 11.0. The smallest absolute Gasteiger partial charge is 0.416 e. The van der Waals surface area contributed by atoms with Crippen molar-refractivity contribution in [1.82, 2.24) is 5.32 Å². The first-order chi connectivity index (χ1) is 11.7. The quantitative estimate of drug-likeness (QED) is 0.740. The van der Waals surface area contributed by atoms with Gasteiger partial charge >= 0.3 is 6.18 Å². The molecule has 132 valence electrons. The lowest BCUT2D eigenvalue weighted by Crippen LogP contribution is -2.32. The Bertz CT molecular complexity index is 787. The van der Waals surface area contributed by atoms with E-state index < -0.39 is 30.1 Å². The maximum Gasteiger partial charge on any atom is 0.416 e. The van der Waals surface area contributed by atoms with Gasteiger partial charge in [0.25, 0.3) is 5.91 Å². The molecule has 0 saturated heterocycles. The van der Waals surface area contributed by atoms with Gasteiger partial charge in [-0.15, -0.1) is 0 Å². The molecule has 0 saturated carbocycles. The molecule has 2 rings (SSSR count). The molecule has 2 amide bonds. The Hall–Kier alpha value is -3.03. The summed E-state index contributed by atoms with van der Waals surface area (Å²) in [5.74, 6) is -1.38. The summed E-state index contributed by atoms with van der Waals surface area (Å²) in [5.41, 5.74) is 0.140. The van der Waals surface area contributed by atoms with Crippen LogP contribution in [0.3, 0.4) is 0 Å². The number of anilines is 1. The van der Waals surface area contributed by atoms with Gasteiger partial charge in [-0.25, -0.2) is 0 Å². The molecule has 0 atom stereocenters. The molecular weight excluding hydrogens is 337 g/mol. The lowest BCUT2D eigenvalue weighted by Gasteiger charge is -2.10. The van der Waals surface area contributed by atoms with E-state index in [2.05, 4.69) is 10.6 Å². The van der Waals surface area contributed by atoms with Crippen LogP contribution in [0.5, 0.6) is 5.75 Å². The summed E-state index contributed by atoms with van der Waals surface area (Å²) in [6, 6.07) is 8.31. The first kappa shape index (κ1) is 18.3. The molecule has 2 aromatic carbocycles. The van der Waals surface area contributed by atoms with Gasteiger partial charge in [0.2, 0.25) is 5.91 Å². The lowest BCUT2D eigenvalue weighted by atomic mass is 10.1. The van der Waals surface area contributed by atoms with E-state index in [9.17, 15) is 27.9 Å². The van der Waals surface area contributed by atoms with Crippen molar-refractivity contribution in [3.63, 3.8) is 0 Å². The highest BCUT2D eigenvalue weighted by molar-refractivity contribution is 5.99. The van der Waals surface area contributed by atoms with E-state index in [1.165, 1.54) is 12.1 Å². The van der Waals surface area contributed by atoms with Crippen LogP contribution in [-0.4, -0.2) is 23.5 Å². The molecule has 0 spiro atoms. The summed E-state index contributed by atoms with van der Waals surface area (Å²) in [6.07, 6.45) is -4.48. The van der Waals surface area contributed by atoms with Crippen molar-refractivity contribution in [1.29, 1.82) is 0 Å². The van der Waals surface area contributed by atoms with Gasteiger partial charge in [-0.2, -0.15) is 13.2 Å². The Kier molecular flexibility index (Phi) is 5.31. The number of nitrogens with one attached hydrogen (secondary N) is 2. The van der Waals surface area contributed by atoms with Gasteiger partial charge in [-0.1, -0.05) is 6.07 Å². The molecule has 3 N–H and O–H groups in total. The Balaban J connectivity index is 1.92. The van der Waals surface area contributed by atoms with E-state index in [4.69, 9.17) is 0 Å². The first-order valence-corrected chi connectivity index (χ1v) is 7.22. The molecule has 0 unspecified atom stereocenters. The summed E-state index contributed by atoms with van der Waals surface area (Å²) in [6.45, 7) is 1.38. The molecule has 0 aliphatic carbocycles. The summed E-state index contributed by atoms with van der Waals surface area (Å²) < 4.78 is 37.4. The molecule has 0 heterocycles. The number of carbonyl (C=O) groups excluding carboxylic acids is 2. The topological polar surface area (TPSA) is 78.4 Å². The van der Waals surface area contributed by atoms with E-state index in [1.807, 2.05) is 0 Å². The van der Waals surface area contributed by atoms with Gasteiger partial charge < -0.3 is 15.7 Å². The number of hydrogen-bond acceptors (Lipinski definition) is 3. The largest absolute Gasteiger partial charge is 0.506 e. The molecule has 0 bridgehead atoms. The fraction of sp³-hybridized carbons (Fsp3) is 0.176. The van der Waals surface area contributed by atoms with Crippen molar-refractivity contribution in [3.8, 4) is 5.75 Å². The summed E-state index contributed by atoms with van der Waals surface area (Å²) in [5, 5.41) is 14.4. The Morgan fingerprint density at radius 1 is 1.08 bits per heavy atom. The molecule has 0 fully saturated rings. The number of carbonyl (C=O) groups is 2. The van der Waals surface area contributed by atoms with Crippen LogP contribution in [0.2, 0.25) is 0 Å². The zero-order valence-electron chi connectivity index (χ0n) is 13.1. The van der Waals surface area contributed by atoms with Gasteiger partial charge in [0.05, 0.1) is 17.8 Å². The number of halogens is 3. The summed E-state index contributed by atoms with van der Waals surface area (Å²) >= 11 is 0. The van der Waals surface area contributed by atoms with Gasteiger partial charge in [-0.05, 0) is 48.9 Å². The standard InChI is InChI=1S/C17H15F3N2O3/c1-10-2-7-13(14(23)8-10)22-15(24)9-21-16(25)11-3-5-12(6-4-11)17(18,19)20/h2-8,23H,9H2,1H3,(H,21,25)(H,22,24). The number of alkyl halides is 3. The van der Waals surface area contributed by atoms with Crippen LogP contribution in [0, 0.1) is 6.92 Å². The molecule has 2 aromatic rings. The third-order valence-electron chi connectivity index (χ3n) is 3.31. The van der Waals surface area contributed by atoms with Crippen molar-refractivity contribution in [2.75, 3.05) is 11.9 Å². The van der Waals surface area contributed by atoms with Gasteiger partial charge in [-0.3, -0.25) is 9.59 Å². The van der Waals surface area contributed by atoms with E-state index >= 15 is 0 Å². The maximum atomic E-state index is 12.5. The Labute approximate surface area is 141 Å². The zero-order valence-corrected chi connectivity index (χ0v) is 13.1. The van der Waals surface area contributed by atoms with Crippen LogP contribution < -0.4 is 10.6 Å². The molecule has 25 heavy (non-hydrogen) atoms. The SMILES string of the molecule is Cc1ccc(NC(=O)CNC(=O)c2ccc(C(F)(F)F)cc2)c(O)c1. The number of phenols is 1. The van der Waals surface area contributed by atoms with Crippen LogP contribution in [0.25, 0.3) is 0 Å².